The molecule has 56 heavy (non-hydrogen) atoms. The maximum atomic E-state index is 2.40. The molecular formula is C56H34. The van der Waals surface area contributed by atoms with Crippen molar-refractivity contribution >= 4 is 86.2 Å². The summed E-state index contributed by atoms with van der Waals surface area (Å²) in [7, 11) is 0. The predicted octanol–water partition coefficient (Wildman–Crippen LogP) is 15.9. The predicted molar refractivity (Wildman–Crippen MR) is 243 cm³/mol. The van der Waals surface area contributed by atoms with E-state index < -0.39 is 0 Å². The summed E-state index contributed by atoms with van der Waals surface area (Å²) in [5.74, 6) is 0. The molecule has 0 heterocycles. The van der Waals surface area contributed by atoms with E-state index in [4.69, 9.17) is 0 Å². The molecule has 0 amide bonds. The molecule has 0 aromatic heterocycles. The number of hydrogen-bond acceptors (Lipinski definition) is 0. The van der Waals surface area contributed by atoms with Gasteiger partial charge in [-0.3, -0.25) is 0 Å². The van der Waals surface area contributed by atoms with E-state index in [0.29, 0.717) is 0 Å². The molecule has 0 aliphatic carbocycles. The molecule has 0 spiro atoms. The zero-order valence-corrected chi connectivity index (χ0v) is 30.6. The molecule has 12 aromatic rings. The average molecular weight is 707 g/mol. The Morgan fingerprint density at radius 2 is 0.411 bits per heavy atom. The van der Waals surface area contributed by atoms with Crippen LogP contribution in [0.4, 0.5) is 0 Å². The summed E-state index contributed by atoms with van der Waals surface area (Å²) in [5, 5.41) is 20.5. The largest absolute Gasteiger partial charge is 0.0616 e. The standard InChI is InChI=1S/C56H34/c1-3-9-47-35(7-1)13-15-37-17-19-43(31-53(37)47)41-23-21-40-30-42(24-22-39(40)29-41)45-25-27-51-52-28-26-46(34-56(52)50-12-6-5-11-49(50)55(51)33-45)44-20-18-38-16-14-36-8-2-4-10-48(36)54(38)32-44/h1-34H. The van der Waals surface area contributed by atoms with Crippen molar-refractivity contribution in [1.82, 2.24) is 0 Å². The highest BCUT2D eigenvalue weighted by Crippen LogP contribution is 2.40. The maximum Gasteiger partial charge on any atom is -0.00928 e. The highest BCUT2D eigenvalue weighted by Gasteiger charge is 2.13. The second-order valence-corrected chi connectivity index (χ2v) is 15.3. The second kappa shape index (κ2) is 12.1. The fourth-order valence-corrected chi connectivity index (χ4v) is 9.28. The first-order valence-corrected chi connectivity index (χ1v) is 19.5. The fraction of sp³-hybridized carbons (Fsp3) is 0. The molecule has 12 rings (SSSR count). The fourth-order valence-electron chi connectivity index (χ4n) is 9.28. The van der Waals surface area contributed by atoms with E-state index in [0.717, 1.165) is 0 Å². The lowest BCUT2D eigenvalue weighted by Crippen LogP contribution is -1.87. The van der Waals surface area contributed by atoms with E-state index in [2.05, 4.69) is 206 Å². The van der Waals surface area contributed by atoms with Gasteiger partial charge in [0.1, 0.15) is 0 Å². The van der Waals surface area contributed by atoms with E-state index in [-0.39, 0.29) is 0 Å². The normalized spacial score (nSPS) is 11.9. The third kappa shape index (κ3) is 4.86. The molecule has 258 valence electrons. The van der Waals surface area contributed by atoms with Crippen molar-refractivity contribution in [2.75, 3.05) is 0 Å². The van der Waals surface area contributed by atoms with Crippen LogP contribution in [0.1, 0.15) is 0 Å². The molecule has 0 fully saturated rings. The van der Waals surface area contributed by atoms with E-state index >= 15 is 0 Å². The highest BCUT2D eigenvalue weighted by atomic mass is 14.2. The van der Waals surface area contributed by atoms with Crippen molar-refractivity contribution in [2.45, 2.75) is 0 Å². The number of benzene rings is 12. The molecule has 0 aliphatic rings. The summed E-state index contributed by atoms with van der Waals surface area (Å²) >= 11 is 0. The van der Waals surface area contributed by atoms with E-state index in [1.165, 1.54) is 120 Å². The van der Waals surface area contributed by atoms with Crippen LogP contribution < -0.4 is 0 Å². The Hall–Kier alpha value is -7.28. The van der Waals surface area contributed by atoms with Crippen LogP contribution in [0.25, 0.3) is 120 Å². The Kier molecular flexibility index (Phi) is 6.73. The minimum Gasteiger partial charge on any atom is -0.0616 e. The van der Waals surface area contributed by atoms with Crippen molar-refractivity contribution in [3.05, 3.63) is 206 Å². The number of rotatable bonds is 3. The van der Waals surface area contributed by atoms with Crippen molar-refractivity contribution in [1.29, 1.82) is 0 Å². The van der Waals surface area contributed by atoms with Crippen molar-refractivity contribution in [3.8, 4) is 33.4 Å². The van der Waals surface area contributed by atoms with Crippen LogP contribution >= 0.6 is 0 Å². The molecule has 0 unspecified atom stereocenters. The van der Waals surface area contributed by atoms with Gasteiger partial charge >= 0.3 is 0 Å². The van der Waals surface area contributed by atoms with Crippen LogP contribution in [-0.2, 0) is 0 Å². The van der Waals surface area contributed by atoms with Gasteiger partial charge in [0.2, 0.25) is 0 Å². The Labute approximate surface area is 324 Å². The van der Waals surface area contributed by atoms with Crippen LogP contribution in [0.15, 0.2) is 206 Å². The zero-order valence-electron chi connectivity index (χ0n) is 30.6. The monoisotopic (exact) mass is 706 g/mol. The molecule has 12 aromatic carbocycles. The van der Waals surface area contributed by atoms with Gasteiger partial charge in [0, 0.05) is 0 Å². The van der Waals surface area contributed by atoms with Crippen LogP contribution in [0.2, 0.25) is 0 Å². The van der Waals surface area contributed by atoms with Gasteiger partial charge in [-0.2, -0.15) is 0 Å². The van der Waals surface area contributed by atoms with Gasteiger partial charge < -0.3 is 0 Å². The minimum atomic E-state index is 1.23. The van der Waals surface area contributed by atoms with Gasteiger partial charge in [-0.15, -0.1) is 0 Å². The second-order valence-electron chi connectivity index (χ2n) is 15.3. The molecule has 0 heteroatoms. The van der Waals surface area contributed by atoms with Gasteiger partial charge in [0.15, 0.2) is 0 Å². The highest BCUT2D eigenvalue weighted by molar-refractivity contribution is 6.26. The van der Waals surface area contributed by atoms with Crippen LogP contribution in [0, 0.1) is 0 Å². The third-order valence-corrected chi connectivity index (χ3v) is 12.2. The first-order chi connectivity index (χ1) is 27.7. The molecule has 0 radical (unpaired) electrons. The lowest BCUT2D eigenvalue weighted by Gasteiger charge is -2.14. The third-order valence-electron chi connectivity index (χ3n) is 12.2. The molecule has 0 bridgehead atoms. The summed E-state index contributed by atoms with van der Waals surface area (Å²) in [6.45, 7) is 0. The van der Waals surface area contributed by atoms with Crippen LogP contribution in [0.3, 0.4) is 0 Å². The number of fused-ring (bicyclic) bond motifs is 13. The molecule has 0 saturated heterocycles. The molecular weight excluding hydrogens is 673 g/mol. The summed E-state index contributed by atoms with van der Waals surface area (Å²) in [6.07, 6.45) is 0. The van der Waals surface area contributed by atoms with E-state index in [1.807, 2.05) is 0 Å². The summed E-state index contributed by atoms with van der Waals surface area (Å²) in [4.78, 5) is 0. The first kappa shape index (κ1) is 31.1. The molecule has 0 nitrogen and oxygen atoms in total. The van der Waals surface area contributed by atoms with Gasteiger partial charge in [-0.05, 0) is 156 Å². The quantitative estimate of drug-likeness (QED) is 0.160. The van der Waals surface area contributed by atoms with Gasteiger partial charge in [0.05, 0.1) is 0 Å². The van der Waals surface area contributed by atoms with Gasteiger partial charge in [-0.1, -0.05) is 170 Å². The lowest BCUT2D eigenvalue weighted by molar-refractivity contribution is 1.66. The summed E-state index contributed by atoms with van der Waals surface area (Å²) in [5.41, 5.74) is 7.42. The van der Waals surface area contributed by atoms with Crippen molar-refractivity contribution in [3.63, 3.8) is 0 Å². The minimum absolute atomic E-state index is 1.23. The SMILES string of the molecule is c1ccc2c(c1)ccc1ccc(-c3ccc4cc(-c5ccc6c7ccc(-c8ccc9ccc%10ccccc%10c9c8)cc7c7ccccc7c6c5)ccc4c3)cc12. The average Bonchev–Trinajstić information content (AvgIpc) is 3.28. The van der Waals surface area contributed by atoms with Crippen molar-refractivity contribution < 1.29 is 0 Å². The molecule has 0 atom stereocenters. The van der Waals surface area contributed by atoms with Gasteiger partial charge in [-0.25, -0.2) is 0 Å². The van der Waals surface area contributed by atoms with E-state index in [1.54, 1.807) is 0 Å². The Morgan fingerprint density at radius 1 is 0.143 bits per heavy atom. The Morgan fingerprint density at radius 3 is 0.839 bits per heavy atom. The Balaban J connectivity index is 0.941. The molecule has 0 aliphatic heterocycles. The summed E-state index contributed by atoms with van der Waals surface area (Å²) in [6, 6.07) is 76.8. The maximum absolute atomic E-state index is 2.40. The first-order valence-electron chi connectivity index (χ1n) is 19.5. The molecule has 0 N–H and O–H groups in total. The smallest absolute Gasteiger partial charge is 0.00928 e. The zero-order chi connectivity index (χ0) is 36.7. The lowest BCUT2D eigenvalue weighted by atomic mass is 9.89. The van der Waals surface area contributed by atoms with E-state index in [9.17, 15) is 0 Å². The topological polar surface area (TPSA) is 0 Å². The summed E-state index contributed by atoms with van der Waals surface area (Å²) < 4.78 is 0. The van der Waals surface area contributed by atoms with Crippen LogP contribution in [-0.4, -0.2) is 0 Å². The Bertz CT molecular complexity index is 3570. The van der Waals surface area contributed by atoms with Crippen molar-refractivity contribution in [2.24, 2.45) is 0 Å². The molecule has 0 saturated carbocycles. The van der Waals surface area contributed by atoms with Gasteiger partial charge in [0.25, 0.3) is 0 Å². The van der Waals surface area contributed by atoms with Crippen LogP contribution in [0.5, 0.6) is 0 Å². The number of hydrogen-bond donors (Lipinski definition) is 0.